The Bertz CT molecular complexity index is 363. The van der Waals surface area contributed by atoms with Crippen molar-refractivity contribution < 1.29 is 9.13 Å². The molecule has 1 aliphatic rings. The van der Waals surface area contributed by atoms with Gasteiger partial charge in [-0.2, -0.15) is 0 Å². The Morgan fingerprint density at radius 3 is 3.00 bits per heavy atom. The summed E-state index contributed by atoms with van der Waals surface area (Å²) >= 11 is 0. The molecule has 1 saturated heterocycles. The highest BCUT2D eigenvalue weighted by atomic mass is 19.1. The Hall–Kier alpha value is -0.930. The number of rotatable bonds is 5. The van der Waals surface area contributed by atoms with E-state index >= 15 is 0 Å². The number of hydrogen-bond donors (Lipinski definition) is 1. The van der Waals surface area contributed by atoms with Gasteiger partial charge in [-0.05, 0) is 56.8 Å². The van der Waals surface area contributed by atoms with Crippen LogP contribution in [0.25, 0.3) is 0 Å². The molecule has 1 N–H and O–H groups in total. The molecular formula is C15H22FNO. The van der Waals surface area contributed by atoms with Crippen LogP contribution in [0.5, 0.6) is 0 Å². The van der Waals surface area contributed by atoms with Crippen LogP contribution in [0.15, 0.2) is 24.3 Å². The summed E-state index contributed by atoms with van der Waals surface area (Å²) < 4.78 is 18.9. The topological polar surface area (TPSA) is 21.3 Å². The second-order valence-corrected chi connectivity index (χ2v) is 4.96. The fourth-order valence-corrected chi connectivity index (χ4v) is 2.59. The van der Waals surface area contributed by atoms with Gasteiger partial charge in [0, 0.05) is 12.6 Å². The van der Waals surface area contributed by atoms with E-state index in [4.69, 9.17) is 4.74 Å². The van der Waals surface area contributed by atoms with Crippen LogP contribution in [0.1, 0.15) is 43.7 Å². The minimum absolute atomic E-state index is 0.165. The van der Waals surface area contributed by atoms with E-state index in [1.54, 1.807) is 12.1 Å². The molecule has 2 nitrogen and oxygen atoms in total. The Morgan fingerprint density at radius 2 is 2.33 bits per heavy atom. The molecule has 1 fully saturated rings. The third-order valence-electron chi connectivity index (χ3n) is 3.65. The van der Waals surface area contributed by atoms with Gasteiger partial charge in [-0.15, -0.1) is 0 Å². The van der Waals surface area contributed by atoms with Crippen molar-refractivity contribution in [1.82, 2.24) is 5.32 Å². The van der Waals surface area contributed by atoms with E-state index in [0.717, 1.165) is 25.0 Å². The van der Waals surface area contributed by atoms with E-state index in [1.807, 2.05) is 13.1 Å². The SMILES string of the molecule is CNC(CCC1CCCCO1)c1cccc(F)c1. The number of ether oxygens (including phenoxy) is 1. The van der Waals surface area contributed by atoms with E-state index in [-0.39, 0.29) is 11.9 Å². The van der Waals surface area contributed by atoms with Crippen LogP contribution in [-0.2, 0) is 4.74 Å². The zero-order valence-electron chi connectivity index (χ0n) is 11.0. The van der Waals surface area contributed by atoms with Crippen LogP contribution < -0.4 is 5.32 Å². The van der Waals surface area contributed by atoms with Crippen molar-refractivity contribution in [2.45, 2.75) is 44.2 Å². The van der Waals surface area contributed by atoms with Gasteiger partial charge in [0.2, 0.25) is 0 Å². The minimum Gasteiger partial charge on any atom is -0.378 e. The maximum absolute atomic E-state index is 13.2. The summed E-state index contributed by atoms with van der Waals surface area (Å²) in [5.74, 6) is -0.165. The van der Waals surface area contributed by atoms with Crippen LogP contribution in [0, 0.1) is 5.82 Å². The summed E-state index contributed by atoms with van der Waals surface area (Å²) in [5.41, 5.74) is 1.02. The first-order valence-corrected chi connectivity index (χ1v) is 6.84. The predicted molar refractivity (Wildman–Crippen MR) is 71.0 cm³/mol. The summed E-state index contributed by atoms with van der Waals surface area (Å²) in [5, 5.41) is 3.26. The van der Waals surface area contributed by atoms with Crippen LogP contribution in [-0.4, -0.2) is 19.8 Å². The number of benzene rings is 1. The highest BCUT2D eigenvalue weighted by Gasteiger charge is 2.17. The van der Waals surface area contributed by atoms with Gasteiger partial charge < -0.3 is 10.1 Å². The lowest BCUT2D eigenvalue weighted by molar-refractivity contribution is 0.00866. The van der Waals surface area contributed by atoms with Gasteiger partial charge in [0.1, 0.15) is 5.82 Å². The fraction of sp³-hybridized carbons (Fsp3) is 0.600. The Morgan fingerprint density at radius 1 is 1.44 bits per heavy atom. The van der Waals surface area contributed by atoms with Gasteiger partial charge in [0.15, 0.2) is 0 Å². The third kappa shape index (κ3) is 3.79. The van der Waals surface area contributed by atoms with Gasteiger partial charge in [0.25, 0.3) is 0 Å². The molecule has 2 unspecified atom stereocenters. The van der Waals surface area contributed by atoms with Crippen molar-refractivity contribution in [2.24, 2.45) is 0 Å². The standard InChI is InChI=1S/C15H22FNO/c1-17-15(12-5-4-6-13(16)11-12)9-8-14-7-2-3-10-18-14/h4-6,11,14-15,17H,2-3,7-10H2,1H3. The van der Waals surface area contributed by atoms with Crippen LogP contribution in [0.3, 0.4) is 0 Å². The Labute approximate surface area is 109 Å². The Balaban J connectivity index is 1.88. The van der Waals surface area contributed by atoms with Crippen LogP contribution in [0.2, 0.25) is 0 Å². The average molecular weight is 251 g/mol. The summed E-state index contributed by atoms with van der Waals surface area (Å²) in [7, 11) is 1.93. The molecule has 3 heteroatoms. The van der Waals surface area contributed by atoms with E-state index in [0.29, 0.717) is 6.10 Å². The van der Waals surface area contributed by atoms with E-state index in [2.05, 4.69) is 5.32 Å². The van der Waals surface area contributed by atoms with Crippen molar-refractivity contribution in [3.05, 3.63) is 35.6 Å². The molecule has 0 saturated carbocycles. The highest BCUT2D eigenvalue weighted by molar-refractivity contribution is 5.20. The lowest BCUT2D eigenvalue weighted by Crippen LogP contribution is -2.23. The first-order valence-electron chi connectivity index (χ1n) is 6.84. The van der Waals surface area contributed by atoms with Gasteiger partial charge in [-0.25, -0.2) is 4.39 Å². The quantitative estimate of drug-likeness (QED) is 0.865. The van der Waals surface area contributed by atoms with E-state index < -0.39 is 0 Å². The van der Waals surface area contributed by atoms with Gasteiger partial charge >= 0.3 is 0 Å². The molecule has 18 heavy (non-hydrogen) atoms. The first kappa shape index (κ1) is 13.5. The highest BCUT2D eigenvalue weighted by Crippen LogP contribution is 2.23. The van der Waals surface area contributed by atoms with Crippen molar-refractivity contribution in [3.63, 3.8) is 0 Å². The molecule has 2 rings (SSSR count). The van der Waals surface area contributed by atoms with E-state index in [1.165, 1.54) is 25.3 Å². The molecule has 2 atom stereocenters. The van der Waals surface area contributed by atoms with E-state index in [9.17, 15) is 4.39 Å². The molecule has 1 aromatic carbocycles. The second kappa shape index (κ2) is 6.86. The molecule has 0 spiro atoms. The molecule has 0 aromatic heterocycles. The molecule has 0 bridgehead atoms. The van der Waals surface area contributed by atoms with Crippen molar-refractivity contribution >= 4 is 0 Å². The number of hydrogen-bond acceptors (Lipinski definition) is 2. The molecule has 0 radical (unpaired) electrons. The van der Waals surface area contributed by atoms with Gasteiger partial charge in [-0.3, -0.25) is 0 Å². The molecular weight excluding hydrogens is 229 g/mol. The molecule has 0 aliphatic carbocycles. The first-order chi connectivity index (χ1) is 8.79. The molecule has 1 aromatic rings. The largest absolute Gasteiger partial charge is 0.378 e. The maximum Gasteiger partial charge on any atom is 0.123 e. The van der Waals surface area contributed by atoms with Crippen molar-refractivity contribution in [3.8, 4) is 0 Å². The van der Waals surface area contributed by atoms with Crippen LogP contribution in [0.4, 0.5) is 4.39 Å². The number of nitrogens with one attached hydrogen (secondary N) is 1. The summed E-state index contributed by atoms with van der Waals surface area (Å²) in [6.45, 7) is 0.898. The molecule has 1 heterocycles. The maximum atomic E-state index is 13.2. The summed E-state index contributed by atoms with van der Waals surface area (Å²) in [4.78, 5) is 0. The summed E-state index contributed by atoms with van der Waals surface area (Å²) in [6, 6.07) is 7.06. The normalized spacial score (nSPS) is 21.8. The fourth-order valence-electron chi connectivity index (χ4n) is 2.59. The second-order valence-electron chi connectivity index (χ2n) is 4.96. The smallest absolute Gasteiger partial charge is 0.123 e. The molecule has 100 valence electrons. The zero-order valence-corrected chi connectivity index (χ0v) is 11.0. The van der Waals surface area contributed by atoms with Gasteiger partial charge in [-0.1, -0.05) is 12.1 Å². The van der Waals surface area contributed by atoms with Crippen LogP contribution >= 0.6 is 0 Å². The lowest BCUT2D eigenvalue weighted by Gasteiger charge is -2.25. The van der Waals surface area contributed by atoms with Crippen molar-refractivity contribution in [2.75, 3.05) is 13.7 Å². The number of halogens is 1. The Kier molecular flexibility index (Phi) is 5.14. The summed E-state index contributed by atoms with van der Waals surface area (Å²) in [6.07, 6.45) is 6.06. The molecule has 1 aliphatic heterocycles. The predicted octanol–water partition coefficient (Wildman–Crippen LogP) is 3.44. The molecule has 0 amide bonds. The average Bonchev–Trinajstić information content (AvgIpc) is 2.41. The van der Waals surface area contributed by atoms with Crippen molar-refractivity contribution in [1.29, 1.82) is 0 Å². The monoisotopic (exact) mass is 251 g/mol. The van der Waals surface area contributed by atoms with Gasteiger partial charge in [0.05, 0.1) is 6.10 Å². The lowest BCUT2D eigenvalue weighted by atomic mass is 9.97. The third-order valence-corrected chi connectivity index (χ3v) is 3.65. The minimum atomic E-state index is -0.165. The zero-order chi connectivity index (χ0) is 12.8.